The van der Waals surface area contributed by atoms with Crippen LogP contribution in [0.1, 0.15) is 27.6 Å². The maximum absolute atomic E-state index is 12.8. The summed E-state index contributed by atoms with van der Waals surface area (Å²) in [5.74, 6) is -9.93. The Morgan fingerprint density at radius 2 is 1.32 bits per heavy atom. The van der Waals surface area contributed by atoms with E-state index in [2.05, 4.69) is 0 Å². The van der Waals surface area contributed by atoms with Crippen LogP contribution in [0.3, 0.4) is 0 Å². The number of benzene rings is 3. The fourth-order valence-electron chi connectivity index (χ4n) is 3.60. The van der Waals surface area contributed by atoms with Gasteiger partial charge in [0.25, 0.3) is 5.79 Å². The molecule has 2 atom stereocenters. The second-order valence-electron chi connectivity index (χ2n) is 7.62. The Kier molecular flexibility index (Phi) is 5.10. The summed E-state index contributed by atoms with van der Waals surface area (Å²) < 4.78 is 10.9. The number of esters is 1. The second-order valence-corrected chi connectivity index (χ2v) is 7.62. The van der Waals surface area contributed by atoms with Gasteiger partial charge in [0, 0.05) is 29.7 Å². The number of phenols is 8. The Morgan fingerprint density at radius 1 is 0.794 bits per heavy atom. The lowest BCUT2D eigenvalue weighted by molar-refractivity contribution is -0.226. The van der Waals surface area contributed by atoms with Gasteiger partial charge in [-0.05, 0) is 24.3 Å². The van der Waals surface area contributed by atoms with Crippen molar-refractivity contribution in [3.63, 3.8) is 0 Å². The van der Waals surface area contributed by atoms with E-state index < -0.39 is 70.1 Å². The first-order chi connectivity index (χ1) is 15.9. The number of aromatic hydroxyl groups is 8. The summed E-state index contributed by atoms with van der Waals surface area (Å²) in [6.07, 6.45) is -2.29. The maximum atomic E-state index is 12.8. The molecule has 0 aliphatic carbocycles. The van der Waals surface area contributed by atoms with E-state index >= 15 is 0 Å². The number of aliphatic hydroxyl groups is 1. The van der Waals surface area contributed by atoms with Crippen molar-refractivity contribution < 1.29 is 60.2 Å². The van der Waals surface area contributed by atoms with Gasteiger partial charge in [0.05, 0.1) is 5.56 Å². The highest BCUT2D eigenvalue weighted by Gasteiger charge is 2.49. The van der Waals surface area contributed by atoms with Crippen molar-refractivity contribution in [3.05, 3.63) is 53.1 Å². The molecule has 1 aliphatic heterocycles. The summed E-state index contributed by atoms with van der Waals surface area (Å²) >= 11 is 0. The number of carbonyl (C=O) groups is 1. The van der Waals surface area contributed by atoms with Crippen molar-refractivity contribution in [2.24, 2.45) is 0 Å². The molecule has 1 aliphatic rings. The molecule has 12 nitrogen and oxygen atoms in total. The van der Waals surface area contributed by atoms with Crippen LogP contribution in [0.2, 0.25) is 0 Å². The van der Waals surface area contributed by atoms with Crippen molar-refractivity contribution in [2.45, 2.75) is 18.3 Å². The SMILES string of the molecule is O=C(O[C@]1(O)Cc2c(O)cc(O)cc2O[C@@H]1c1cc(O)c(O)c(O)c1)c1cc(O)c(O)c(O)c1. The van der Waals surface area contributed by atoms with Crippen LogP contribution < -0.4 is 4.74 Å². The monoisotopic (exact) mass is 474 g/mol. The number of hydrogen-bond acceptors (Lipinski definition) is 12. The van der Waals surface area contributed by atoms with Crippen LogP contribution in [0.25, 0.3) is 0 Å². The second kappa shape index (κ2) is 7.71. The lowest BCUT2D eigenvalue weighted by atomic mass is 9.90. The first-order valence-electron chi connectivity index (χ1n) is 9.56. The van der Waals surface area contributed by atoms with Crippen molar-refractivity contribution >= 4 is 5.97 Å². The molecule has 0 aromatic heterocycles. The summed E-state index contributed by atoms with van der Waals surface area (Å²) in [6.45, 7) is 0. The minimum absolute atomic E-state index is 0.0621. The van der Waals surface area contributed by atoms with E-state index in [1.807, 2.05) is 0 Å². The molecule has 3 aromatic carbocycles. The molecular formula is C22H18O12. The van der Waals surface area contributed by atoms with Crippen LogP contribution in [-0.4, -0.2) is 57.7 Å². The van der Waals surface area contributed by atoms with Crippen LogP contribution >= 0.6 is 0 Å². The molecule has 0 saturated carbocycles. The first kappa shape index (κ1) is 22.5. The minimum Gasteiger partial charge on any atom is -0.508 e. The number of ether oxygens (including phenoxy) is 2. The van der Waals surface area contributed by atoms with Gasteiger partial charge in [0.1, 0.15) is 17.2 Å². The molecule has 0 spiro atoms. The third-order valence-corrected chi connectivity index (χ3v) is 5.22. The molecule has 0 saturated heterocycles. The predicted molar refractivity (Wildman–Crippen MR) is 110 cm³/mol. The molecule has 0 unspecified atom stereocenters. The summed E-state index contributed by atoms with van der Waals surface area (Å²) in [6, 6.07) is 5.44. The van der Waals surface area contributed by atoms with E-state index in [9.17, 15) is 50.8 Å². The van der Waals surface area contributed by atoms with E-state index in [-0.39, 0.29) is 22.6 Å². The lowest BCUT2D eigenvalue weighted by Gasteiger charge is -2.40. The summed E-state index contributed by atoms with van der Waals surface area (Å²) in [7, 11) is 0. The number of fused-ring (bicyclic) bond motifs is 1. The van der Waals surface area contributed by atoms with E-state index in [0.717, 1.165) is 36.4 Å². The van der Waals surface area contributed by atoms with Gasteiger partial charge in [-0.1, -0.05) is 0 Å². The average Bonchev–Trinajstić information content (AvgIpc) is 2.75. The third kappa shape index (κ3) is 3.71. The Bertz CT molecular complexity index is 1270. The largest absolute Gasteiger partial charge is 0.508 e. The van der Waals surface area contributed by atoms with Crippen LogP contribution in [-0.2, 0) is 11.2 Å². The summed E-state index contributed by atoms with van der Waals surface area (Å²) in [5.41, 5.74) is -0.710. The van der Waals surface area contributed by atoms with Gasteiger partial charge in [-0.25, -0.2) is 4.79 Å². The fourth-order valence-corrected chi connectivity index (χ4v) is 3.60. The number of carbonyl (C=O) groups excluding carboxylic acids is 1. The Morgan fingerprint density at radius 3 is 1.88 bits per heavy atom. The topological polar surface area (TPSA) is 218 Å². The molecular weight excluding hydrogens is 456 g/mol. The first-order valence-corrected chi connectivity index (χ1v) is 9.56. The Balaban J connectivity index is 1.81. The van der Waals surface area contributed by atoms with Crippen molar-refractivity contribution in [1.82, 2.24) is 0 Å². The van der Waals surface area contributed by atoms with E-state index in [0.29, 0.717) is 0 Å². The van der Waals surface area contributed by atoms with Gasteiger partial charge < -0.3 is 55.4 Å². The maximum Gasteiger partial charge on any atom is 0.341 e. The number of phenolic OH excluding ortho intramolecular Hbond substituents is 8. The number of rotatable bonds is 3. The molecule has 9 N–H and O–H groups in total. The number of hydrogen-bond donors (Lipinski definition) is 9. The van der Waals surface area contributed by atoms with Crippen LogP contribution in [0, 0.1) is 0 Å². The molecule has 0 amide bonds. The van der Waals surface area contributed by atoms with Gasteiger partial charge in [0.15, 0.2) is 40.6 Å². The summed E-state index contributed by atoms with van der Waals surface area (Å²) in [4.78, 5) is 12.8. The zero-order valence-electron chi connectivity index (χ0n) is 17.0. The highest BCUT2D eigenvalue weighted by atomic mass is 16.7. The van der Waals surface area contributed by atoms with E-state index in [1.165, 1.54) is 0 Å². The molecule has 0 radical (unpaired) electrons. The van der Waals surface area contributed by atoms with Gasteiger partial charge in [-0.15, -0.1) is 0 Å². The molecule has 12 heteroatoms. The highest BCUT2D eigenvalue weighted by Crippen LogP contribution is 2.49. The van der Waals surface area contributed by atoms with Gasteiger partial charge in [0.2, 0.25) is 0 Å². The minimum atomic E-state index is -2.63. The van der Waals surface area contributed by atoms with E-state index in [4.69, 9.17) is 9.47 Å². The lowest BCUT2D eigenvalue weighted by Crippen LogP contribution is -2.48. The van der Waals surface area contributed by atoms with Crippen molar-refractivity contribution in [1.29, 1.82) is 0 Å². The Hall–Kier alpha value is -4.71. The quantitative estimate of drug-likeness (QED) is 0.150. The standard InChI is InChI=1S/C22H18O12/c23-10-5-12(24)11-7-22(32,34-21(31)9-3-15(27)19(30)16(28)4-9)20(33-17(11)6-10)8-1-13(25)18(29)14(26)2-8/h1-6,20,23-30,32H,7H2/t20-,22-/m1/s1. The zero-order valence-corrected chi connectivity index (χ0v) is 17.0. The van der Waals surface area contributed by atoms with Crippen molar-refractivity contribution in [2.75, 3.05) is 0 Å². The van der Waals surface area contributed by atoms with Crippen LogP contribution in [0.4, 0.5) is 0 Å². The van der Waals surface area contributed by atoms with Gasteiger partial charge in [-0.3, -0.25) is 0 Å². The smallest absolute Gasteiger partial charge is 0.341 e. The fraction of sp³-hybridized carbons (Fsp3) is 0.136. The molecule has 1 heterocycles. The van der Waals surface area contributed by atoms with Crippen molar-refractivity contribution in [3.8, 4) is 51.7 Å². The van der Waals surface area contributed by atoms with Gasteiger partial charge >= 0.3 is 5.97 Å². The molecule has 0 fully saturated rings. The zero-order chi connectivity index (χ0) is 24.9. The predicted octanol–water partition coefficient (Wildman–Crippen LogP) is 1.55. The summed E-state index contributed by atoms with van der Waals surface area (Å²) in [5, 5.41) is 89.6. The van der Waals surface area contributed by atoms with Crippen LogP contribution in [0.5, 0.6) is 51.7 Å². The highest BCUT2D eigenvalue weighted by molar-refractivity contribution is 5.91. The van der Waals surface area contributed by atoms with Gasteiger partial charge in [-0.2, -0.15) is 0 Å². The normalized spacial score (nSPS) is 19.1. The molecule has 34 heavy (non-hydrogen) atoms. The molecule has 178 valence electrons. The third-order valence-electron chi connectivity index (χ3n) is 5.22. The van der Waals surface area contributed by atoms with E-state index in [1.54, 1.807) is 0 Å². The average molecular weight is 474 g/mol. The molecule has 0 bridgehead atoms. The Labute approximate surface area is 190 Å². The molecule has 3 aromatic rings. The van der Waals surface area contributed by atoms with Crippen LogP contribution in [0.15, 0.2) is 36.4 Å². The molecule has 4 rings (SSSR count).